The van der Waals surface area contributed by atoms with E-state index < -0.39 is 6.04 Å². The van der Waals surface area contributed by atoms with Gasteiger partial charge in [-0.2, -0.15) is 0 Å². The maximum Gasteiger partial charge on any atom is 0.332 e. The number of carbonyl (C=O) groups is 2. The minimum Gasteiger partial charge on any atom is -0.495 e. The molecule has 1 fully saturated rings. The smallest absolute Gasteiger partial charge is 0.332 e. The molecule has 0 radical (unpaired) electrons. The first-order valence-electron chi connectivity index (χ1n) is 10.9. The van der Waals surface area contributed by atoms with Crippen molar-refractivity contribution in [3.8, 4) is 5.75 Å². The third kappa shape index (κ3) is 2.39. The van der Waals surface area contributed by atoms with Crippen molar-refractivity contribution in [2.75, 3.05) is 12.0 Å². The summed E-state index contributed by atoms with van der Waals surface area (Å²) in [7, 11) is 1.54. The number of amides is 3. The van der Waals surface area contributed by atoms with Crippen molar-refractivity contribution < 1.29 is 18.7 Å². The summed E-state index contributed by atoms with van der Waals surface area (Å²) in [5.74, 6) is 0.212. The van der Waals surface area contributed by atoms with E-state index in [9.17, 15) is 9.59 Å². The van der Waals surface area contributed by atoms with Gasteiger partial charge in [0, 0.05) is 39.9 Å². The number of anilines is 1. The molecule has 7 rings (SSSR count). The number of urea groups is 1. The van der Waals surface area contributed by atoms with Gasteiger partial charge in [0.1, 0.15) is 23.0 Å². The molecule has 0 spiro atoms. The average molecular weight is 437 g/mol. The fourth-order valence-electron chi connectivity index (χ4n) is 5.30. The molecule has 2 aliphatic rings. The molecule has 3 amide bonds. The van der Waals surface area contributed by atoms with Gasteiger partial charge in [-0.05, 0) is 23.8 Å². The summed E-state index contributed by atoms with van der Waals surface area (Å²) >= 11 is 0. The highest BCUT2D eigenvalue weighted by Gasteiger charge is 2.49. The lowest BCUT2D eigenvalue weighted by atomic mass is 9.97. The Kier molecular flexibility index (Phi) is 3.55. The minimum absolute atomic E-state index is 0.246. The molecule has 162 valence electrons. The fourth-order valence-corrected chi connectivity index (χ4v) is 5.30. The molecule has 7 heteroatoms. The van der Waals surface area contributed by atoms with Crippen LogP contribution in [-0.2, 0) is 17.8 Å². The molecule has 3 aromatic carbocycles. The number of aromatic amines is 1. The number of H-pyrrole nitrogens is 1. The number of nitrogens with one attached hydrogen (secondary N) is 1. The van der Waals surface area contributed by atoms with Crippen LogP contribution in [0.4, 0.5) is 10.5 Å². The predicted molar refractivity (Wildman–Crippen MR) is 124 cm³/mol. The van der Waals surface area contributed by atoms with Crippen molar-refractivity contribution in [3.63, 3.8) is 0 Å². The number of rotatable bonds is 2. The summed E-state index contributed by atoms with van der Waals surface area (Å²) in [5, 5.41) is 2.94. The maximum atomic E-state index is 13.6. The van der Waals surface area contributed by atoms with Crippen LogP contribution in [0.25, 0.3) is 32.8 Å². The number of nitrogens with zero attached hydrogens (tertiary/aromatic N) is 2. The second-order valence-corrected chi connectivity index (χ2v) is 8.55. The van der Waals surface area contributed by atoms with Crippen LogP contribution in [0.15, 0.2) is 65.1 Å². The Balaban J connectivity index is 1.34. The van der Waals surface area contributed by atoms with E-state index in [2.05, 4.69) is 11.1 Å². The van der Waals surface area contributed by atoms with Crippen LogP contribution < -0.4 is 9.64 Å². The number of imide groups is 1. The standard InChI is InChI=1S/C26H19N3O4/c1-32-24-11-17-15-7-3-5-9-22(15)33-23(17)12-20(24)29-25(30)21-10-16-14-6-2-4-8-18(14)27-19(16)13-28(21)26(29)31/h2-9,11-12,21,27H,10,13H2,1H3. The summed E-state index contributed by atoms with van der Waals surface area (Å²) in [6.45, 7) is 0.366. The van der Waals surface area contributed by atoms with Crippen molar-refractivity contribution in [2.24, 2.45) is 0 Å². The molecule has 7 nitrogen and oxygen atoms in total. The Morgan fingerprint density at radius 3 is 2.61 bits per heavy atom. The highest BCUT2D eigenvalue weighted by Crippen LogP contribution is 2.42. The molecule has 5 aromatic rings. The van der Waals surface area contributed by atoms with E-state index in [1.165, 1.54) is 4.90 Å². The van der Waals surface area contributed by atoms with Crippen LogP contribution in [0, 0.1) is 0 Å². The Morgan fingerprint density at radius 1 is 0.970 bits per heavy atom. The highest BCUT2D eigenvalue weighted by atomic mass is 16.5. The second-order valence-electron chi connectivity index (χ2n) is 8.55. The summed E-state index contributed by atoms with van der Waals surface area (Å²) in [6, 6.07) is 18.4. The summed E-state index contributed by atoms with van der Waals surface area (Å²) in [6.07, 6.45) is 0.482. The number of para-hydroxylation sites is 2. The first-order valence-corrected chi connectivity index (χ1v) is 10.9. The van der Waals surface area contributed by atoms with Crippen LogP contribution in [0.3, 0.4) is 0 Å². The molecule has 1 saturated heterocycles. The van der Waals surface area contributed by atoms with Gasteiger partial charge in [0.15, 0.2) is 0 Å². The van der Waals surface area contributed by atoms with Gasteiger partial charge in [-0.3, -0.25) is 4.79 Å². The van der Waals surface area contributed by atoms with Gasteiger partial charge in [-0.1, -0.05) is 36.4 Å². The van der Waals surface area contributed by atoms with Crippen molar-refractivity contribution >= 4 is 50.5 Å². The van der Waals surface area contributed by atoms with Gasteiger partial charge in [-0.15, -0.1) is 0 Å². The number of aromatic nitrogens is 1. The van der Waals surface area contributed by atoms with Gasteiger partial charge in [0.2, 0.25) is 0 Å². The molecule has 33 heavy (non-hydrogen) atoms. The number of methoxy groups -OCH3 is 1. The SMILES string of the molecule is COc1cc2c(cc1N1C(=O)C3Cc4c([nH]c5ccccc45)CN3C1=O)oc1ccccc12. The quantitative estimate of drug-likeness (QED) is 0.396. The molecule has 0 aliphatic carbocycles. The molecule has 2 aromatic heterocycles. The lowest BCUT2D eigenvalue weighted by Crippen LogP contribution is -2.39. The Bertz CT molecular complexity index is 1630. The maximum absolute atomic E-state index is 13.6. The van der Waals surface area contributed by atoms with Crippen LogP contribution in [0.5, 0.6) is 5.75 Å². The largest absolute Gasteiger partial charge is 0.495 e. The van der Waals surface area contributed by atoms with E-state index in [4.69, 9.17) is 9.15 Å². The summed E-state index contributed by atoms with van der Waals surface area (Å²) in [5.41, 5.74) is 4.87. The van der Waals surface area contributed by atoms with Crippen molar-refractivity contribution in [1.82, 2.24) is 9.88 Å². The van der Waals surface area contributed by atoms with Gasteiger partial charge in [-0.25, -0.2) is 9.69 Å². The number of hydrogen-bond donors (Lipinski definition) is 1. The van der Waals surface area contributed by atoms with E-state index >= 15 is 0 Å². The first-order chi connectivity index (χ1) is 16.1. The zero-order valence-electron chi connectivity index (χ0n) is 17.8. The zero-order valence-corrected chi connectivity index (χ0v) is 17.8. The lowest BCUT2D eigenvalue weighted by molar-refractivity contribution is -0.120. The number of benzene rings is 3. The molecule has 1 atom stereocenters. The third-order valence-corrected chi connectivity index (χ3v) is 6.87. The van der Waals surface area contributed by atoms with Crippen LogP contribution in [0.2, 0.25) is 0 Å². The zero-order chi connectivity index (χ0) is 22.3. The monoisotopic (exact) mass is 437 g/mol. The predicted octanol–water partition coefficient (Wildman–Crippen LogP) is 4.97. The Hall–Kier alpha value is -4.26. The van der Waals surface area contributed by atoms with Crippen LogP contribution in [0.1, 0.15) is 11.3 Å². The lowest BCUT2D eigenvalue weighted by Gasteiger charge is -2.26. The second kappa shape index (κ2) is 6.38. The number of carbonyl (C=O) groups excluding carboxylic acids is 2. The first kappa shape index (κ1) is 18.3. The summed E-state index contributed by atoms with van der Waals surface area (Å²) in [4.78, 5) is 33.3. The highest BCUT2D eigenvalue weighted by molar-refractivity contribution is 6.23. The van der Waals surface area contributed by atoms with Gasteiger partial charge >= 0.3 is 6.03 Å². The number of ether oxygens (including phenoxy) is 1. The molecule has 0 saturated carbocycles. The fraction of sp³-hybridized carbons (Fsp3) is 0.154. The van der Waals surface area contributed by atoms with Crippen LogP contribution in [-0.4, -0.2) is 35.0 Å². The number of hydrogen-bond acceptors (Lipinski definition) is 4. The average Bonchev–Trinajstić information content (AvgIpc) is 3.46. The van der Waals surface area contributed by atoms with Crippen molar-refractivity contribution in [3.05, 3.63) is 71.9 Å². The molecule has 2 aliphatic heterocycles. The minimum atomic E-state index is -0.541. The van der Waals surface area contributed by atoms with Gasteiger partial charge in [0.25, 0.3) is 5.91 Å². The molecular weight excluding hydrogens is 418 g/mol. The summed E-state index contributed by atoms with van der Waals surface area (Å²) < 4.78 is 11.6. The number of furan rings is 1. The molecular formula is C26H19N3O4. The van der Waals surface area contributed by atoms with Gasteiger partial charge < -0.3 is 19.0 Å². The van der Waals surface area contributed by atoms with Gasteiger partial charge in [0.05, 0.1) is 19.3 Å². The van der Waals surface area contributed by atoms with E-state index in [1.54, 1.807) is 18.1 Å². The molecule has 1 unspecified atom stereocenters. The molecule has 0 bridgehead atoms. The normalized spacial score (nSPS) is 17.9. The van der Waals surface area contributed by atoms with E-state index in [-0.39, 0.29) is 11.9 Å². The Labute approximate surface area is 188 Å². The third-order valence-electron chi connectivity index (χ3n) is 6.87. The van der Waals surface area contributed by atoms with Crippen molar-refractivity contribution in [2.45, 2.75) is 19.0 Å². The van der Waals surface area contributed by atoms with Crippen molar-refractivity contribution in [1.29, 1.82) is 0 Å². The topological polar surface area (TPSA) is 78.8 Å². The van der Waals surface area contributed by atoms with Crippen LogP contribution >= 0.6 is 0 Å². The van der Waals surface area contributed by atoms with E-state index in [0.29, 0.717) is 30.0 Å². The Morgan fingerprint density at radius 2 is 1.76 bits per heavy atom. The molecule has 1 N–H and O–H groups in total. The molecule has 4 heterocycles. The van der Waals surface area contributed by atoms with E-state index in [1.807, 2.05) is 48.5 Å². The van der Waals surface area contributed by atoms with E-state index in [0.717, 1.165) is 38.5 Å². The number of fused-ring (bicyclic) bond motifs is 7.